The molecule has 0 aromatic rings. The third-order valence-electron chi connectivity index (χ3n) is 2.92. The van der Waals surface area contributed by atoms with E-state index in [-0.39, 0.29) is 6.42 Å². The van der Waals surface area contributed by atoms with Crippen molar-refractivity contribution in [3.63, 3.8) is 0 Å². The molecular formula is C22H32O2. The largest absolute Gasteiger partial charge is 0.481 e. The van der Waals surface area contributed by atoms with Crippen molar-refractivity contribution in [2.75, 3.05) is 0 Å². The van der Waals surface area contributed by atoms with E-state index in [0.717, 1.165) is 31.8 Å². The maximum atomic E-state index is 10.3. The van der Waals surface area contributed by atoms with Gasteiger partial charge in [-0.15, -0.1) is 0 Å². The van der Waals surface area contributed by atoms with Gasteiger partial charge in [0, 0.05) is 13.3 Å². The third-order valence-corrected chi connectivity index (χ3v) is 2.92. The second kappa shape index (κ2) is 19.0. The summed E-state index contributed by atoms with van der Waals surface area (Å²) in [6, 6.07) is 0. The van der Waals surface area contributed by atoms with Crippen LogP contribution < -0.4 is 0 Å². The predicted molar refractivity (Wildman–Crippen MR) is 105 cm³/mol. The van der Waals surface area contributed by atoms with Crippen LogP contribution in [-0.4, -0.2) is 11.1 Å². The van der Waals surface area contributed by atoms with Crippen molar-refractivity contribution < 1.29 is 16.8 Å². The van der Waals surface area contributed by atoms with Crippen LogP contribution in [0.2, 0.25) is 0 Å². The minimum atomic E-state index is -2.64. The van der Waals surface area contributed by atoms with Gasteiger partial charge < -0.3 is 5.11 Å². The van der Waals surface area contributed by atoms with Crippen molar-refractivity contribution in [1.29, 1.82) is 0 Å². The number of rotatable bonds is 14. The van der Waals surface area contributed by atoms with Gasteiger partial charge in [0.1, 0.15) is 0 Å². The molecule has 0 aromatic heterocycles. The average Bonchev–Trinajstić information content (AvgIpc) is 2.62. The van der Waals surface area contributed by atoms with Gasteiger partial charge in [-0.05, 0) is 44.9 Å². The predicted octanol–water partition coefficient (Wildman–Crippen LogP) is 6.55. The molecule has 2 nitrogen and oxygen atoms in total. The molecule has 132 valence electrons. The lowest BCUT2D eigenvalue weighted by molar-refractivity contribution is -0.136. The molecule has 0 spiro atoms. The number of hydrogen-bond donors (Lipinski definition) is 1. The van der Waals surface area contributed by atoms with Crippen LogP contribution in [0.1, 0.15) is 65.0 Å². The molecule has 0 rings (SSSR count). The van der Waals surface area contributed by atoms with E-state index in [1.165, 1.54) is 6.08 Å². The van der Waals surface area contributed by atoms with Crippen LogP contribution in [0.5, 0.6) is 0 Å². The van der Waals surface area contributed by atoms with E-state index in [9.17, 15) is 4.79 Å². The monoisotopic (exact) mass is 333 g/mol. The van der Waals surface area contributed by atoms with Gasteiger partial charge in [-0.2, -0.15) is 0 Å². The smallest absolute Gasteiger partial charge is 0.303 e. The van der Waals surface area contributed by atoms with Gasteiger partial charge in [-0.3, -0.25) is 4.79 Å². The lowest BCUT2D eigenvalue weighted by atomic mass is 10.2. The zero-order chi connectivity index (χ0) is 22.0. The molecule has 0 heterocycles. The Morgan fingerprint density at radius 1 is 0.750 bits per heavy atom. The number of allylic oxidation sites excluding steroid dienone is 12. The minimum absolute atomic E-state index is 0.175. The van der Waals surface area contributed by atoms with Crippen LogP contribution in [0.3, 0.4) is 0 Å². The number of aliphatic carboxylic acids is 1. The summed E-state index contributed by atoms with van der Waals surface area (Å²) in [6.45, 7) is -2.64. The van der Waals surface area contributed by atoms with Crippen LogP contribution in [0, 0.1) is 0 Å². The van der Waals surface area contributed by atoms with Crippen LogP contribution >= 0.6 is 0 Å². The van der Waals surface area contributed by atoms with Gasteiger partial charge in [0.2, 0.25) is 0 Å². The standard InChI is InChI=1S/C22H32O2/c1-2-3-4-5-6-7-8-9-10-11-12-13-14-15-16-17-18-19-20-21-22(23)24/h3-4,6-7,9-10,12-13,15-16,18-19H,2,5,8,11,14,17,20-21H2,1H3,(H,23,24)/b4-3+,7-6+,10-9+,13-12+,16-15+,19-18+/i1D3,2D2. The number of carboxylic acids is 1. The highest BCUT2D eigenvalue weighted by Gasteiger charge is 1.90. The lowest BCUT2D eigenvalue weighted by Crippen LogP contribution is -1.91. The Labute approximate surface area is 154 Å². The first-order chi connectivity index (χ1) is 13.7. The highest BCUT2D eigenvalue weighted by molar-refractivity contribution is 5.66. The molecule has 0 unspecified atom stereocenters. The second-order valence-electron chi connectivity index (χ2n) is 5.01. The van der Waals surface area contributed by atoms with Crippen LogP contribution in [0.25, 0.3) is 0 Å². The van der Waals surface area contributed by atoms with E-state index in [2.05, 4.69) is 30.4 Å². The second-order valence-corrected chi connectivity index (χ2v) is 5.01. The molecule has 0 radical (unpaired) electrons. The Morgan fingerprint density at radius 3 is 1.50 bits per heavy atom. The quantitative estimate of drug-likeness (QED) is 0.366. The Kier molecular flexibility index (Phi) is 11.3. The van der Waals surface area contributed by atoms with Crippen molar-refractivity contribution in [2.45, 2.75) is 58.2 Å². The molecular weight excluding hydrogens is 296 g/mol. The molecule has 0 saturated carbocycles. The van der Waals surface area contributed by atoms with Gasteiger partial charge in [-0.1, -0.05) is 79.8 Å². The van der Waals surface area contributed by atoms with Crippen LogP contribution in [0.15, 0.2) is 72.9 Å². The highest BCUT2D eigenvalue weighted by atomic mass is 16.4. The van der Waals surface area contributed by atoms with Crippen LogP contribution in [-0.2, 0) is 4.79 Å². The highest BCUT2D eigenvalue weighted by Crippen LogP contribution is 1.97. The first-order valence-electron chi connectivity index (χ1n) is 10.8. The van der Waals surface area contributed by atoms with Gasteiger partial charge >= 0.3 is 5.97 Å². The fourth-order valence-corrected chi connectivity index (χ4v) is 1.71. The van der Waals surface area contributed by atoms with Gasteiger partial charge in [-0.25, -0.2) is 0 Å². The Balaban J connectivity index is 3.77. The maximum absolute atomic E-state index is 10.3. The third kappa shape index (κ3) is 19.9. The Hall–Kier alpha value is -2.09. The molecule has 2 heteroatoms. The summed E-state index contributed by atoms with van der Waals surface area (Å²) in [7, 11) is 0. The van der Waals surface area contributed by atoms with Gasteiger partial charge in [0.05, 0.1) is 0 Å². The van der Waals surface area contributed by atoms with Gasteiger partial charge in [0.15, 0.2) is 0 Å². The lowest BCUT2D eigenvalue weighted by Gasteiger charge is -1.87. The first-order valence-corrected chi connectivity index (χ1v) is 8.31. The number of carbonyl (C=O) groups is 1. The number of hydrogen-bond acceptors (Lipinski definition) is 1. The summed E-state index contributed by atoms with van der Waals surface area (Å²) in [4.78, 5) is 10.3. The molecule has 24 heavy (non-hydrogen) atoms. The molecule has 0 aliphatic rings. The van der Waals surface area contributed by atoms with E-state index < -0.39 is 19.2 Å². The minimum Gasteiger partial charge on any atom is -0.481 e. The molecule has 0 aliphatic carbocycles. The van der Waals surface area contributed by atoms with E-state index in [4.69, 9.17) is 12.0 Å². The zero-order valence-corrected chi connectivity index (χ0v) is 14.2. The summed E-state index contributed by atoms with van der Waals surface area (Å²) in [5.74, 6) is -0.772. The van der Waals surface area contributed by atoms with E-state index in [0.29, 0.717) is 12.8 Å². The normalized spacial score (nSPS) is 17.2. The molecule has 0 saturated heterocycles. The van der Waals surface area contributed by atoms with E-state index >= 15 is 0 Å². The zero-order valence-electron chi connectivity index (χ0n) is 19.2. The number of carboxylic acid groups (broad SMARTS) is 1. The van der Waals surface area contributed by atoms with E-state index in [1.54, 1.807) is 0 Å². The first kappa shape index (κ1) is 14.3. The van der Waals surface area contributed by atoms with Gasteiger partial charge in [0.25, 0.3) is 0 Å². The van der Waals surface area contributed by atoms with Crippen molar-refractivity contribution in [2.24, 2.45) is 0 Å². The fourth-order valence-electron chi connectivity index (χ4n) is 1.71. The molecule has 0 aliphatic heterocycles. The summed E-state index contributed by atoms with van der Waals surface area (Å²) >= 11 is 0. The molecule has 0 atom stereocenters. The summed E-state index contributed by atoms with van der Waals surface area (Å²) in [6.07, 6.45) is 25.1. The SMILES string of the molecule is [2H]C([2H])([2H])C([2H])([2H])/C=C/C/C=C/C/C=C/C/C=C/C/C=C/C/C=C/CCC(=O)O. The van der Waals surface area contributed by atoms with Crippen molar-refractivity contribution in [1.82, 2.24) is 0 Å². The van der Waals surface area contributed by atoms with Crippen molar-refractivity contribution in [3.05, 3.63) is 72.9 Å². The van der Waals surface area contributed by atoms with Crippen molar-refractivity contribution >= 4 is 5.97 Å². The average molecular weight is 334 g/mol. The molecule has 0 bridgehead atoms. The summed E-state index contributed by atoms with van der Waals surface area (Å²) in [5.41, 5.74) is 0. The topological polar surface area (TPSA) is 37.3 Å². The Bertz CT molecular complexity index is 624. The maximum Gasteiger partial charge on any atom is 0.303 e. The van der Waals surface area contributed by atoms with Crippen molar-refractivity contribution in [3.8, 4) is 0 Å². The summed E-state index contributed by atoms with van der Waals surface area (Å²) in [5, 5.41) is 8.50. The molecule has 0 amide bonds. The van der Waals surface area contributed by atoms with Crippen LogP contribution in [0.4, 0.5) is 0 Å². The Morgan fingerprint density at radius 2 is 1.12 bits per heavy atom. The molecule has 1 N–H and O–H groups in total. The molecule has 0 fully saturated rings. The fraction of sp³-hybridized carbons (Fsp3) is 0.409. The molecule has 0 aromatic carbocycles. The summed E-state index contributed by atoms with van der Waals surface area (Å²) < 4.78 is 36.2. The van der Waals surface area contributed by atoms with E-state index in [1.807, 2.05) is 30.4 Å².